The Balaban J connectivity index is 1.88. The van der Waals surface area contributed by atoms with Crippen LogP contribution in [0.15, 0.2) is 48.4 Å². The number of benzene rings is 1. The monoisotopic (exact) mass is 328 g/mol. The van der Waals surface area contributed by atoms with Gasteiger partial charge in [0, 0.05) is 30.3 Å². The highest BCUT2D eigenvalue weighted by Crippen LogP contribution is 2.29. The summed E-state index contributed by atoms with van der Waals surface area (Å²) >= 11 is 0. The molecule has 0 fully saturated rings. The smallest absolute Gasteiger partial charge is 0.123 e. The van der Waals surface area contributed by atoms with E-state index in [1.807, 2.05) is 6.08 Å². The van der Waals surface area contributed by atoms with Crippen molar-refractivity contribution in [2.75, 3.05) is 13.2 Å². The number of aliphatic hydroxyl groups excluding tert-OH is 1. The van der Waals surface area contributed by atoms with Crippen LogP contribution in [-0.4, -0.2) is 34.5 Å². The molecule has 1 aliphatic rings. The molecule has 0 amide bonds. The van der Waals surface area contributed by atoms with E-state index in [2.05, 4.69) is 33.8 Å². The fraction of sp³-hybridized carbons (Fsp3) is 0.278. The van der Waals surface area contributed by atoms with Crippen LogP contribution in [0.5, 0.6) is 0 Å². The first kappa shape index (κ1) is 16.3. The second-order valence-corrected chi connectivity index (χ2v) is 5.78. The third-order valence-corrected chi connectivity index (χ3v) is 3.85. The van der Waals surface area contributed by atoms with Crippen molar-refractivity contribution in [1.82, 2.24) is 20.8 Å². The van der Waals surface area contributed by atoms with Gasteiger partial charge in [-0.25, -0.2) is 4.39 Å². The molecule has 1 unspecified atom stereocenters. The van der Waals surface area contributed by atoms with E-state index in [1.54, 1.807) is 18.3 Å². The summed E-state index contributed by atoms with van der Waals surface area (Å²) in [6, 6.07) is 6.52. The highest BCUT2D eigenvalue weighted by Gasteiger charge is 2.16. The molecule has 126 valence electrons. The lowest BCUT2D eigenvalue weighted by atomic mass is 9.98. The predicted octanol–water partition coefficient (Wildman–Crippen LogP) is 2.40. The summed E-state index contributed by atoms with van der Waals surface area (Å²) in [6.07, 6.45) is 6.62. The van der Waals surface area contributed by atoms with Crippen LogP contribution in [0, 0.1) is 5.82 Å². The SMILES string of the molecule is CC1C=C(c2cn[nH]c2-c2ccc(F)cc2)C=C(NCCCO)N1. The lowest BCUT2D eigenvalue weighted by Gasteiger charge is -2.23. The molecule has 0 aliphatic carbocycles. The number of halogens is 1. The normalized spacial score (nSPS) is 17.0. The Morgan fingerprint density at radius 2 is 2.08 bits per heavy atom. The average molecular weight is 328 g/mol. The number of hydrogen-bond donors (Lipinski definition) is 4. The van der Waals surface area contributed by atoms with E-state index in [4.69, 9.17) is 5.11 Å². The molecule has 5 nitrogen and oxygen atoms in total. The number of aromatic nitrogens is 2. The largest absolute Gasteiger partial charge is 0.396 e. The highest BCUT2D eigenvalue weighted by atomic mass is 19.1. The van der Waals surface area contributed by atoms with E-state index in [-0.39, 0.29) is 18.5 Å². The molecule has 0 saturated carbocycles. The zero-order valence-corrected chi connectivity index (χ0v) is 13.5. The third kappa shape index (κ3) is 3.65. The molecule has 2 heterocycles. The molecule has 3 rings (SSSR count). The summed E-state index contributed by atoms with van der Waals surface area (Å²) in [7, 11) is 0. The van der Waals surface area contributed by atoms with Crippen LogP contribution in [0.1, 0.15) is 18.9 Å². The van der Waals surface area contributed by atoms with Crippen molar-refractivity contribution < 1.29 is 9.50 Å². The molecule has 0 radical (unpaired) electrons. The summed E-state index contributed by atoms with van der Waals surface area (Å²) in [5, 5.41) is 22.7. The van der Waals surface area contributed by atoms with Gasteiger partial charge in [-0.15, -0.1) is 0 Å². The van der Waals surface area contributed by atoms with Gasteiger partial charge >= 0.3 is 0 Å². The molecular weight excluding hydrogens is 307 g/mol. The number of aliphatic hydroxyl groups is 1. The summed E-state index contributed by atoms with van der Waals surface area (Å²) in [4.78, 5) is 0. The quantitative estimate of drug-likeness (QED) is 0.615. The summed E-state index contributed by atoms with van der Waals surface area (Å²) in [6.45, 7) is 2.93. The fourth-order valence-electron chi connectivity index (χ4n) is 2.71. The van der Waals surface area contributed by atoms with Gasteiger partial charge in [0.1, 0.15) is 5.82 Å². The van der Waals surface area contributed by atoms with Crippen LogP contribution in [0.2, 0.25) is 0 Å². The predicted molar refractivity (Wildman–Crippen MR) is 92.3 cm³/mol. The molecule has 0 spiro atoms. The second-order valence-electron chi connectivity index (χ2n) is 5.78. The van der Waals surface area contributed by atoms with E-state index < -0.39 is 0 Å². The molecule has 0 saturated heterocycles. The van der Waals surface area contributed by atoms with Crippen LogP contribution in [0.25, 0.3) is 16.8 Å². The van der Waals surface area contributed by atoms with Crippen molar-refractivity contribution in [3.63, 3.8) is 0 Å². The van der Waals surface area contributed by atoms with Gasteiger partial charge < -0.3 is 15.7 Å². The van der Waals surface area contributed by atoms with Gasteiger partial charge in [0.05, 0.1) is 17.7 Å². The number of hydrogen-bond acceptors (Lipinski definition) is 4. The Morgan fingerprint density at radius 1 is 1.29 bits per heavy atom. The Hall–Kier alpha value is -2.60. The highest BCUT2D eigenvalue weighted by molar-refractivity contribution is 5.84. The van der Waals surface area contributed by atoms with Crippen LogP contribution < -0.4 is 10.6 Å². The molecule has 2 aromatic rings. The van der Waals surface area contributed by atoms with E-state index in [0.29, 0.717) is 13.0 Å². The van der Waals surface area contributed by atoms with Gasteiger partial charge in [-0.2, -0.15) is 5.10 Å². The Labute approximate surface area is 140 Å². The minimum Gasteiger partial charge on any atom is -0.396 e. The van der Waals surface area contributed by atoms with Crippen LogP contribution >= 0.6 is 0 Å². The first-order chi connectivity index (χ1) is 11.7. The molecule has 1 aliphatic heterocycles. The minimum absolute atomic E-state index is 0.162. The Morgan fingerprint density at radius 3 is 2.83 bits per heavy atom. The molecule has 1 atom stereocenters. The number of dihydropyridines is 1. The molecule has 6 heteroatoms. The first-order valence-electron chi connectivity index (χ1n) is 8.02. The van der Waals surface area contributed by atoms with Crippen LogP contribution in [-0.2, 0) is 0 Å². The van der Waals surface area contributed by atoms with E-state index in [9.17, 15) is 4.39 Å². The van der Waals surface area contributed by atoms with Crippen LogP contribution in [0.3, 0.4) is 0 Å². The summed E-state index contributed by atoms with van der Waals surface area (Å²) in [5.74, 6) is 0.657. The molecule has 0 bridgehead atoms. The zero-order chi connectivity index (χ0) is 16.9. The lowest BCUT2D eigenvalue weighted by Crippen LogP contribution is -2.35. The van der Waals surface area contributed by atoms with Gasteiger partial charge in [0.25, 0.3) is 0 Å². The Kier molecular flexibility index (Phi) is 4.96. The number of allylic oxidation sites excluding steroid dienone is 2. The van der Waals surface area contributed by atoms with Crippen molar-refractivity contribution in [3.8, 4) is 11.3 Å². The maximum Gasteiger partial charge on any atom is 0.123 e. The lowest BCUT2D eigenvalue weighted by molar-refractivity contribution is 0.287. The summed E-state index contributed by atoms with van der Waals surface area (Å²) < 4.78 is 13.2. The maximum atomic E-state index is 13.2. The van der Waals surface area contributed by atoms with Gasteiger partial charge in [-0.1, -0.05) is 6.08 Å². The molecular formula is C18H21FN4O. The van der Waals surface area contributed by atoms with Crippen molar-refractivity contribution in [3.05, 3.63) is 59.8 Å². The van der Waals surface area contributed by atoms with E-state index >= 15 is 0 Å². The van der Waals surface area contributed by atoms with Crippen molar-refractivity contribution in [1.29, 1.82) is 0 Å². The topological polar surface area (TPSA) is 73.0 Å². The molecule has 4 N–H and O–H groups in total. The zero-order valence-electron chi connectivity index (χ0n) is 13.5. The van der Waals surface area contributed by atoms with Gasteiger partial charge in [-0.05, 0) is 49.3 Å². The fourth-order valence-corrected chi connectivity index (χ4v) is 2.71. The van der Waals surface area contributed by atoms with E-state index in [1.165, 1.54) is 12.1 Å². The summed E-state index contributed by atoms with van der Waals surface area (Å²) in [5.41, 5.74) is 3.76. The number of rotatable bonds is 6. The Bertz CT molecular complexity index is 749. The number of nitrogens with one attached hydrogen (secondary N) is 3. The second kappa shape index (κ2) is 7.31. The standard InChI is InChI=1S/C18H21FN4O/c1-12-9-14(10-17(22-12)20-7-2-8-24)16-11-21-23-18(16)13-3-5-15(19)6-4-13/h3-6,9-12,20,22,24H,2,7-8H2,1H3,(H,21,23). The number of aromatic amines is 1. The molecule has 1 aromatic heterocycles. The minimum atomic E-state index is -0.259. The van der Waals surface area contributed by atoms with Crippen molar-refractivity contribution >= 4 is 5.57 Å². The number of nitrogens with zero attached hydrogens (tertiary/aromatic N) is 1. The average Bonchev–Trinajstić information content (AvgIpc) is 3.05. The number of H-pyrrole nitrogens is 1. The van der Waals surface area contributed by atoms with E-state index in [0.717, 1.165) is 28.2 Å². The van der Waals surface area contributed by atoms with Crippen molar-refractivity contribution in [2.45, 2.75) is 19.4 Å². The maximum absolute atomic E-state index is 13.2. The third-order valence-electron chi connectivity index (χ3n) is 3.85. The molecule has 24 heavy (non-hydrogen) atoms. The van der Waals surface area contributed by atoms with Crippen molar-refractivity contribution in [2.24, 2.45) is 0 Å². The van der Waals surface area contributed by atoms with Gasteiger partial charge in [-0.3, -0.25) is 5.10 Å². The van der Waals surface area contributed by atoms with Crippen LogP contribution in [0.4, 0.5) is 4.39 Å². The van der Waals surface area contributed by atoms with Gasteiger partial charge in [0.15, 0.2) is 0 Å². The first-order valence-corrected chi connectivity index (χ1v) is 8.02. The van der Waals surface area contributed by atoms with Gasteiger partial charge in [0.2, 0.25) is 0 Å². The molecule has 1 aromatic carbocycles.